The highest BCUT2D eigenvalue weighted by molar-refractivity contribution is 6.76. The van der Waals surface area contributed by atoms with Gasteiger partial charge in [0.1, 0.15) is 24.3 Å². The van der Waals surface area contributed by atoms with E-state index in [9.17, 15) is 9.59 Å². The molecule has 0 bridgehead atoms. The minimum Gasteiger partial charge on any atom is -0.444 e. The molecule has 6 rings (SSSR count). The fourth-order valence-corrected chi connectivity index (χ4v) is 7.39. The summed E-state index contributed by atoms with van der Waals surface area (Å²) in [6, 6.07) is 13.1. The zero-order valence-corrected chi connectivity index (χ0v) is 36.3. The highest BCUT2D eigenvalue weighted by Gasteiger charge is 2.28. The number of carbonyl (C=O) groups is 2. The molecule has 15 heteroatoms. The van der Waals surface area contributed by atoms with Crippen molar-refractivity contribution in [2.75, 3.05) is 37.7 Å². The number of benzene rings is 1. The van der Waals surface area contributed by atoms with E-state index in [0.29, 0.717) is 45.3 Å². The van der Waals surface area contributed by atoms with Crippen molar-refractivity contribution in [3.8, 4) is 22.6 Å². The summed E-state index contributed by atoms with van der Waals surface area (Å²) in [5.74, 6) is -0.00164. The Kier molecular flexibility index (Phi) is 11.9. The number of amides is 2. The Bertz CT molecular complexity index is 2210. The number of nitrogens with zero attached hydrogens (tertiary/aromatic N) is 8. The highest BCUT2D eigenvalue weighted by atomic mass is 28.3. The molecule has 1 atom stereocenters. The Morgan fingerprint density at radius 1 is 0.965 bits per heavy atom. The molecule has 1 aromatic carbocycles. The Labute approximate surface area is 336 Å². The van der Waals surface area contributed by atoms with E-state index in [0.717, 1.165) is 56.5 Å². The lowest BCUT2D eigenvalue weighted by molar-refractivity contribution is 0.0240. The quantitative estimate of drug-likeness (QED) is 0.102. The molecule has 0 aliphatic carbocycles. The number of aryl methyl sites for hydroxylation is 1. The molecule has 5 aromatic rings. The first-order valence-corrected chi connectivity index (χ1v) is 23.4. The molecule has 5 heterocycles. The minimum atomic E-state index is -1.30. The molecule has 14 nitrogen and oxygen atoms in total. The van der Waals surface area contributed by atoms with Crippen LogP contribution in [0.2, 0.25) is 25.7 Å². The van der Waals surface area contributed by atoms with Gasteiger partial charge >= 0.3 is 17.9 Å². The van der Waals surface area contributed by atoms with Gasteiger partial charge in [-0.25, -0.2) is 14.8 Å². The van der Waals surface area contributed by atoms with Gasteiger partial charge in [0.15, 0.2) is 5.82 Å². The number of hydrogen-bond donors (Lipinski definition) is 1. The van der Waals surface area contributed by atoms with Crippen molar-refractivity contribution in [2.45, 2.75) is 105 Å². The smallest absolute Gasteiger partial charge is 0.410 e. The van der Waals surface area contributed by atoms with Gasteiger partial charge in [-0.3, -0.25) is 14.3 Å². The second-order valence-corrected chi connectivity index (χ2v) is 23.7. The number of nitrogens with one attached hydrogen (secondary N) is 1. The molecule has 1 N–H and O–H groups in total. The molecule has 304 valence electrons. The van der Waals surface area contributed by atoms with Gasteiger partial charge in [-0.2, -0.15) is 4.98 Å². The van der Waals surface area contributed by atoms with Gasteiger partial charge in [0.25, 0.3) is 0 Å². The van der Waals surface area contributed by atoms with Gasteiger partial charge < -0.3 is 29.1 Å². The van der Waals surface area contributed by atoms with E-state index >= 15 is 0 Å². The zero-order chi connectivity index (χ0) is 41.3. The van der Waals surface area contributed by atoms with Crippen molar-refractivity contribution in [2.24, 2.45) is 0 Å². The van der Waals surface area contributed by atoms with Crippen molar-refractivity contribution in [3.05, 3.63) is 71.8 Å². The Morgan fingerprint density at radius 2 is 1.70 bits per heavy atom. The largest absolute Gasteiger partial charge is 0.444 e. The number of aromatic nitrogens is 6. The summed E-state index contributed by atoms with van der Waals surface area (Å²) in [6.45, 7) is 26.0. The Hall–Kier alpha value is -5.15. The number of rotatable bonds is 11. The first-order chi connectivity index (χ1) is 26.8. The highest BCUT2D eigenvalue weighted by Crippen LogP contribution is 2.34. The second-order valence-electron chi connectivity index (χ2n) is 18.1. The third kappa shape index (κ3) is 10.1. The lowest BCUT2D eigenvalue weighted by atomic mass is 9.96. The molecular weight excluding hydrogens is 739 g/mol. The van der Waals surface area contributed by atoms with Crippen molar-refractivity contribution < 1.29 is 23.6 Å². The fourth-order valence-electron chi connectivity index (χ4n) is 6.63. The molecule has 4 aromatic heterocycles. The SMILES string of the molecule is Cc1cc(-c2ncnc3c2cc(-c2ccc(N4CCN(C(=O)OC(C)(C)C)CC4)cn2)n3COCC[Si](C)(C)C)ccc1[C@@H](C)NC(=O)c1nc(C(C)(C)C)no1. The van der Waals surface area contributed by atoms with Crippen LogP contribution in [0.1, 0.15) is 82.1 Å². The zero-order valence-electron chi connectivity index (χ0n) is 35.3. The molecule has 1 aliphatic rings. The van der Waals surface area contributed by atoms with E-state index in [1.165, 1.54) is 0 Å². The normalized spacial score (nSPS) is 14.6. The molecule has 2 amide bonds. The van der Waals surface area contributed by atoms with E-state index in [1.54, 1.807) is 11.2 Å². The van der Waals surface area contributed by atoms with E-state index in [1.807, 2.05) is 79.8 Å². The van der Waals surface area contributed by atoms with E-state index in [-0.39, 0.29) is 23.4 Å². The summed E-state index contributed by atoms with van der Waals surface area (Å²) in [7, 11) is -1.30. The third-order valence-corrected chi connectivity index (χ3v) is 11.6. The summed E-state index contributed by atoms with van der Waals surface area (Å²) < 4.78 is 19.2. The van der Waals surface area contributed by atoms with Crippen LogP contribution in [0.3, 0.4) is 0 Å². The van der Waals surface area contributed by atoms with Crippen LogP contribution in [-0.4, -0.2) is 93.0 Å². The van der Waals surface area contributed by atoms with E-state index < -0.39 is 19.6 Å². The van der Waals surface area contributed by atoms with Crippen molar-refractivity contribution >= 4 is 36.8 Å². The average molecular weight is 796 g/mol. The molecule has 0 radical (unpaired) electrons. The first kappa shape index (κ1) is 41.5. The van der Waals surface area contributed by atoms with Crippen LogP contribution < -0.4 is 10.2 Å². The van der Waals surface area contributed by atoms with E-state index in [2.05, 4.69) is 62.8 Å². The number of anilines is 1. The molecule has 57 heavy (non-hydrogen) atoms. The summed E-state index contributed by atoms with van der Waals surface area (Å²) >= 11 is 0. The van der Waals surface area contributed by atoms with Crippen LogP contribution in [0.4, 0.5) is 10.5 Å². The van der Waals surface area contributed by atoms with Crippen molar-refractivity contribution in [1.29, 1.82) is 0 Å². The van der Waals surface area contributed by atoms with Gasteiger partial charge in [-0.05, 0) is 76.1 Å². The molecule has 0 spiro atoms. The van der Waals surface area contributed by atoms with Crippen LogP contribution in [0.15, 0.2) is 53.4 Å². The molecule has 0 unspecified atom stereocenters. The number of carbonyl (C=O) groups excluding carboxylic acids is 2. The maximum Gasteiger partial charge on any atom is 0.410 e. The number of pyridine rings is 1. The maximum absolute atomic E-state index is 13.0. The molecule has 0 saturated carbocycles. The minimum absolute atomic E-state index is 0.0588. The average Bonchev–Trinajstić information content (AvgIpc) is 3.79. The third-order valence-electron chi connectivity index (χ3n) is 9.86. The van der Waals surface area contributed by atoms with Gasteiger partial charge in [0, 0.05) is 57.2 Å². The predicted molar refractivity (Wildman–Crippen MR) is 224 cm³/mol. The van der Waals surface area contributed by atoms with E-state index in [4.69, 9.17) is 28.9 Å². The van der Waals surface area contributed by atoms with Crippen molar-refractivity contribution in [1.82, 2.24) is 39.9 Å². The summed E-state index contributed by atoms with van der Waals surface area (Å²) in [5.41, 5.74) is 6.20. The standard InChI is InChI=1S/C42H57N9O5Si/c1-27-22-29(12-14-31(27)28(2)46-37(52)38-47-39(48-56-38)41(3,4)5)35-32-23-34(51(36(32)45-25-44-35)26-54-20-21-57(9,10)11)33-15-13-30(24-43-33)49-16-18-50(19-17-49)40(53)55-42(6,7)8/h12-15,22-25,28H,16-21,26H2,1-11H3,(H,46,52)/t28-/m1/s1. The van der Waals surface area contributed by atoms with Crippen LogP contribution in [0.5, 0.6) is 0 Å². The molecule has 1 saturated heterocycles. The second kappa shape index (κ2) is 16.4. The number of fused-ring (bicyclic) bond motifs is 1. The lowest BCUT2D eigenvalue weighted by Crippen LogP contribution is -2.50. The Balaban J connectivity index is 1.24. The number of hydrogen-bond acceptors (Lipinski definition) is 11. The monoisotopic (exact) mass is 795 g/mol. The number of piperazine rings is 1. The van der Waals surface area contributed by atoms with Gasteiger partial charge in [0.05, 0.1) is 35.0 Å². The fraction of sp³-hybridized carbons (Fsp3) is 0.500. The Morgan fingerprint density at radius 3 is 2.32 bits per heavy atom. The molecule has 1 aliphatic heterocycles. The molecule has 1 fully saturated rings. The molecular formula is C42H57N9O5Si. The van der Waals surface area contributed by atoms with Crippen LogP contribution in [-0.2, 0) is 21.6 Å². The summed E-state index contributed by atoms with van der Waals surface area (Å²) in [4.78, 5) is 48.4. The summed E-state index contributed by atoms with van der Waals surface area (Å²) in [6.07, 6.45) is 3.21. The van der Waals surface area contributed by atoms with Gasteiger partial charge in [-0.15, -0.1) is 0 Å². The van der Waals surface area contributed by atoms with Crippen LogP contribution in [0, 0.1) is 6.92 Å². The topological polar surface area (TPSA) is 154 Å². The van der Waals surface area contributed by atoms with Crippen molar-refractivity contribution in [3.63, 3.8) is 0 Å². The lowest BCUT2D eigenvalue weighted by Gasteiger charge is -2.36. The van der Waals surface area contributed by atoms with Crippen LogP contribution >= 0.6 is 0 Å². The van der Waals surface area contributed by atoms with Crippen LogP contribution in [0.25, 0.3) is 33.7 Å². The van der Waals surface area contributed by atoms with Gasteiger partial charge in [-0.1, -0.05) is 57.7 Å². The number of ether oxygens (including phenoxy) is 2. The van der Waals surface area contributed by atoms with Gasteiger partial charge in [0.2, 0.25) is 0 Å². The summed E-state index contributed by atoms with van der Waals surface area (Å²) in [5, 5.41) is 7.87. The first-order valence-electron chi connectivity index (χ1n) is 19.6. The predicted octanol–water partition coefficient (Wildman–Crippen LogP) is 8.01. The maximum atomic E-state index is 13.0.